The molecule has 0 saturated heterocycles. The first-order chi connectivity index (χ1) is 10.2. The van der Waals surface area contributed by atoms with E-state index in [1.165, 1.54) is 37.7 Å². The molecular weight excluding hydrogens is 260 g/mol. The quantitative estimate of drug-likeness (QED) is 0.815. The Morgan fingerprint density at radius 2 is 2.00 bits per heavy atom. The predicted molar refractivity (Wildman–Crippen MR) is 87.7 cm³/mol. The van der Waals surface area contributed by atoms with Gasteiger partial charge in [-0.15, -0.1) is 0 Å². The monoisotopic (exact) mass is 290 g/mol. The number of aromatic nitrogens is 1. The highest BCUT2D eigenvalue weighted by Gasteiger charge is 2.16. The molecule has 3 heteroatoms. The van der Waals surface area contributed by atoms with Crippen LogP contribution in [-0.2, 0) is 13.0 Å². The van der Waals surface area contributed by atoms with E-state index < -0.39 is 0 Å². The average Bonchev–Trinajstić information content (AvgIpc) is 2.46. The molecule has 0 radical (unpaired) electrons. The van der Waals surface area contributed by atoms with Gasteiger partial charge in [0.2, 0.25) is 5.88 Å². The average molecular weight is 290 g/mol. The minimum atomic E-state index is 0.369. The molecule has 0 aromatic carbocycles. The van der Waals surface area contributed by atoms with E-state index in [1.54, 1.807) is 0 Å². The van der Waals surface area contributed by atoms with Crippen LogP contribution in [0.2, 0.25) is 0 Å². The zero-order valence-electron chi connectivity index (χ0n) is 13.8. The smallest absolute Gasteiger partial charge is 0.214 e. The number of hydrogen-bond donors (Lipinski definition) is 1. The second kappa shape index (κ2) is 8.38. The summed E-state index contributed by atoms with van der Waals surface area (Å²) in [5.74, 6) is 0.827. The second-order valence-electron chi connectivity index (χ2n) is 6.47. The summed E-state index contributed by atoms with van der Waals surface area (Å²) in [5.41, 5.74) is 2.44. The molecule has 2 rings (SSSR count). The Hall–Kier alpha value is -1.09. The fourth-order valence-corrected chi connectivity index (χ4v) is 2.84. The van der Waals surface area contributed by atoms with Crippen LogP contribution in [0.25, 0.3) is 0 Å². The number of nitrogens with zero attached hydrogens (tertiary/aromatic N) is 1. The Morgan fingerprint density at radius 3 is 2.67 bits per heavy atom. The molecular formula is C18H30N2O. The summed E-state index contributed by atoms with van der Waals surface area (Å²) in [6.45, 7) is 7.43. The third kappa shape index (κ3) is 5.66. The van der Waals surface area contributed by atoms with Crippen LogP contribution in [0, 0.1) is 0 Å². The van der Waals surface area contributed by atoms with Gasteiger partial charge in [-0.1, -0.05) is 33.6 Å². The van der Waals surface area contributed by atoms with Gasteiger partial charge in [0.05, 0.1) is 0 Å². The number of ether oxygens (including phenoxy) is 1. The topological polar surface area (TPSA) is 34.1 Å². The van der Waals surface area contributed by atoms with E-state index in [0.717, 1.165) is 31.0 Å². The van der Waals surface area contributed by atoms with Gasteiger partial charge < -0.3 is 10.1 Å². The van der Waals surface area contributed by atoms with Crippen LogP contribution in [0.4, 0.5) is 0 Å². The Morgan fingerprint density at radius 1 is 1.24 bits per heavy atom. The molecule has 0 bridgehead atoms. The molecule has 1 N–H and O–H groups in total. The van der Waals surface area contributed by atoms with E-state index in [1.807, 2.05) is 0 Å². The number of nitrogens with one attached hydrogen (secondary N) is 1. The Labute approximate surface area is 129 Å². The standard InChI is InChI=1S/C18H30N2O/c1-4-8-16-11-15(13-19-14(2)3)12-18(20-16)21-17-9-6-5-7-10-17/h11-12,14,17,19H,4-10,13H2,1-3H3. The van der Waals surface area contributed by atoms with Crippen molar-refractivity contribution in [3.63, 3.8) is 0 Å². The molecule has 1 aromatic rings. The van der Waals surface area contributed by atoms with E-state index in [0.29, 0.717) is 12.1 Å². The molecule has 1 saturated carbocycles. The van der Waals surface area contributed by atoms with Crippen LogP contribution in [0.3, 0.4) is 0 Å². The highest BCUT2D eigenvalue weighted by molar-refractivity contribution is 5.25. The van der Waals surface area contributed by atoms with Gasteiger partial charge >= 0.3 is 0 Å². The van der Waals surface area contributed by atoms with Crippen molar-refractivity contribution < 1.29 is 4.74 Å². The van der Waals surface area contributed by atoms with Crippen molar-refractivity contribution in [1.29, 1.82) is 0 Å². The van der Waals surface area contributed by atoms with E-state index in [2.05, 4.69) is 38.2 Å². The number of aryl methyl sites for hydroxylation is 1. The molecule has 0 unspecified atom stereocenters. The summed E-state index contributed by atoms with van der Waals surface area (Å²) in [6.07, 6.45) is 8.81. The van der Waals surface area contributed by atoms with Crippen LogP contribution in [0.15, 0.2) is 12.1 Å². The molecule has 1 aliphatic rings. The summed E-state index contributed by atoms with van der Waals surface area (Å²) in [5, 5.41) is 3.48. The van der Waals surface area contributed by atoms with E-state index in [4.69, 9.17) is 9.72 Å². The fraction of sp³-hybridized carbons (Fsp3) is 0.722. The van der Waals surface area contributed by atoms with Gasteiger partial charge in [-0.25, -0.2) is 4.98 Å². The molecule has 0 atom stereocenters. The van der Waals surface area contributed by atoms with Crippen molar-refractivity contribution in [2.45, 2.75) is 84.4 Å². The normalized spacial score (nSPS) is 16.4. The van der Waals surface area contributed by atoms with Gasteiger partial charge in [0.25, 0.3) is 0 Å². The van der Waals surface area contributed by atoms with E-state index in [9.17, 15) is 0 Å². The SMILES string of the molecule is CCCc1cc(CNC(C)C)cc(OC2CCCCC2)n1. The van der Waals surface area contributed by atoms with E-state index >= 15 is 0 Å². The maximum absolute atomic E-state index is 6.15. The molecule has 0 spiro atoms. The second-order valence-corrected chi connectivity index (χ2v) is 6.47. The van der Waals surface area contributed by atoms with Crippen LogP contribution < -0.4 is 10.1 Å². The number of hydrogen-bond acceptors (Lipinski definition) is 3. The zero-order valence-corrected chi connectivity index (χ0v) is 13.8. The van der Waals surface area contributed by atoms with Crippen LogP contribution in [0.5, 0.6) is 5.88 Å². The maximum Gasteiger partial charge on any atom is 0.214 e. The molecule has 1 aliphatic carbocycles. The lowest BCUT2D eigenvalue weighted by Crippen LogP contribution is -2.23. The summed E-state index contributed by atoms with van der Waals surface area (Å²) < 4.78 is 6.15. The van der Waals surface area contributed by atoms with Gasteiger partial charge in [-0.2, -0.15) is 0 Å². The predicted octanol–water partition coefficient (Wildman–Crippen LogP) is 4.24. The molecule has 3 nitrogen and oxygen atoms in total. The number of pyridine rings is 1. The highest BCUT2D eigenvalue weighted by atomic mass is 16.5. The Balaban J connectivity index is 2.06. The van der Waals surface area contributed by atoms with Gasteiger partial charge in [-0.3, -0.25) is 0 Å². The van der Waals surface area contributed by atoms with Crippen molar-refractivity contribution in [3.05, 3.63) is 23.4 Å². The summed E-state index contributed by atoms with van der Waals surface area (Å²) in [6, 6.07) is 4.82. The van der Waals surface area contributed by atoms with Gasteiger partial charge in [0.1, 0.15) is 6.10 Å². The minimum Gasteiger partial charge on any atom is -0.474 e. The molecule has 1 fully saturated rings. The zero-order chi connectivity index (χ0) is 15.1. The van der Waals surface area contributed by atoms with Crippen LogP contribution in [0.1, 0.15) is 70.6 Å². The third-order valence-electron chi connectivity index (χ3n) is 3.97. The molecule has 0 aliphatic heterocycles. The van der Waals surface area contributed by atoms with Crippen molar-refractivity contribution in [2.24, 2.45) is 0 Å². The maximum atomic E-state index is 6.15. The minimum absolute atomic E-state index is 0.369. The van der Waals surface area contributed by atoms with Gasteiger partial charge in [-0.05, 0) is 43.7 Å². The Kier molecular flexibility index (Phi) is 6.50. The van der Waals surface area contributed by atoms with Crippen LogP contribution >= 0.6 is 0 Å². The fourth-order valence-electron chi connectivity index (χ4n) is 2.84. The molecule has 0 amide bonds. The first kappa shape index (κ1) is 16.3. The molecule has 1 aromatic heterocycles. The van der Waals surface area contributed by atoms with Crippen molar-refractivity contribution >= 4 is 0 Å². The third-order valence-corrected chi connectivity index (χ3v) is 3.97. The first-order valence-corrected chi connectivity index (χ1v) is 8.57. The lowest BCUT2D eigenvalue weighted by atomic mass is 9.98. The van der Waals surface area contributed by atoms with Crippen molar-refractivity contribution in [1.82, 2.24) is 10.3 Å². The highest BCUT2D eigenvalue weighted by Crippen LogP contribution is 2.23. The summed E-state index contributed by atoms with van der Waals surface area (Å²) >= 11 is 0. The van der Waals surface area contributed by atoms with Crippen LogP contribution in [-0.4, -0.2) is 17.1 Å². The first-order valence-electron chi connectivity index (χ1n) is 8.57. The van der Waals surface area contributed by atoms with E-state index in [-0.39, 0.29) is 0 Å². The van der Waals surface area contributed by atoms with Gasteiger partial charge in [0.15, 0.2) is 0 Å². The molecule has 21 heavy (non-hydrogen) atoms. The van der Waals surface area contributed by atoms with Crippen molar-refractivity contribution in [2.75, 3.05) is 0 Å². The Bertz CT molecular complexity index is 425. The van der Waals surface area contributed by atoms with Gasteiger partial charge in [0, 0.05) is 24.3 Å². The summed E-state index contributed by atoms with van der Waals surface area (Å²) in [7, 11) is 0. The summed E-state index contributed by atoms with van der Waals surface area (Å²) in [4.78, 5) is 4.69. The van der Waals surface area contributed by atoms with Crippen molar-refractivity contribution in [3.8, 4) is 5.88 Å². The molecule has 118 valence electrons. The molecule has 1 heterocycles. The number of rotatable bonds is 7. The largest absolute Gasteiger partial charge is 0.474 e. The lowest BCUT2D eigenvalue weighted by molar-refractivity contribution is 0.148. The lowest BCUT2D eigenvalue weighted by Gasteiger charge is -2.23.